The zero-order valence-electron chi connectivity index (χ0n) is 10.2. The van der Waals surface area contributed by atoms with E-state index in [4.69, 9.17) is 0 Å². The van der Waals surface area contributed by atoms with E-state index in [0.29, 0.717) is 0 Å². The largest absolute Gasteiger partial charge is 0.249 e. The van der Waals surface area contributed by atoms with E-state index in [1.165, 1.54) is 0 Å². The number of hydrogen-bond donors (Lipinski definition) is 1. The highest BCUT2D eigenvalue weighted by Crippen LogP contribution is 2.21. The molecule has 0 aliphatic heterocycles. The molecule has 0 heterocycles. The lowest BCUT2D eigenvalue weighted by Crippen LogP contribution is -2.36. The van der Waals surface area contributed by atoms with Crippen molar-refractivity contribution in [3.05, 3.63) is 34.3 Å². The van der Waals surface area contributed by atoms with E-state index in [0.717, 1.165) is 10.0 Å². The average Bonchev–Trinajstić information content (AvgIpc) is 2.24. The van der Waals surface area contributed by atoms with Gasteiger partial charge in [0.25, 0.3) is 0 Å². The highest BCUT2D eigenvalue weighted by atomic mass is 79.9. The average molecular weight is 322 g/mol. The van der Waals surface area contributed by atoms with Crippen molar-refractivity contribution in [1.29, 1.82) is 0 Å². The van der Waals surface area contributed by atoms with Crippen LogP contribution in [0.1, 0.15) is 32.4 Å². The number of rotatable bonds is 4. The fourth-order valence-electron chi connectivity index (χ4n) is 1.22. The van der Waals surface area contributed by atoms with Crippen LogP contribution >= 0.6 is 15.9 Å². The summed E-state index contributed by atoms with van der Waals surface area (Å²) in [6.07, 6.45) is 0. The third kappa shape index (κ3) is 4.48. The van der Waals surface area contributed by atoms with Gasteiger partial charge in [-0.2, -0.15) is 0 Å². The minimum Gasteiger partial charge on any atom is -0.249 e. The van der Waals surface area contributed by atoms with E-state index in [1.807, 2.05) is 45.0 Å². The van der Waals surface area contributed by atoms with Gasteiger partial charge in [-0.25, -0.2) is 13.3 Å². The van der Waals surface area contributed by atoms with Crippen molar-refractivity contribution in [2.24, 2.45) is 0 Å². The number of alkyl halides is 1. The predicted octanol–water partition coefficient (Wildman–Crippen LogP) is 3.51. The monoisotopic (exact) mass is 321 g/mol. The van der Waals surface area contributed by atoms with Crippen molar-refractivity contribution in [2.75, 3.05) is 6.67 Å². The molecule has 0 spiro atoms. The molecule has 1 N–H and O–H groups in total. The SMILES string of the molecule is CC(C)(C)S(=O)N[C@@H](CF)c1cccc(Br)c1. The first kappa shape index (κ1) is 14.8. The molecular weight excluding hydrogens is 305 g/mol. The molecule has 0 radical (unpaired) electrons. The maximum Gasteiger partial charge on any atom is 0.110 e. The highest BCUT2D eigenvalue weighted by molar-refractivity contribution is 9.10. The summed E-state index contributed by atoms with van der Waals surface area (Å²) in [5.41, 5.74) is 0.791. The van der Waals surface area contributed by atoms with E-state index in [-0.39, 0.29) is 0 Å². The van der Waals surface area contributed by atoms with Crippen molar-refractivity contribution in [2.45, 2.75) is 31.6 Å². The lowest BCUT2D eigenvalue weighted by molar-refractivity contribution is 0.418. The first-order valence-electron chi connectivity index (χ1n) is 5.34. The predicted molar refractivity (Wildman–Crippen MR) is 73.9 cm³/mol. The lowest BCUT2D eigenvalue weighted by atomic mass is 10.1. The van der Waals surface area contributed by atoms with Crippen LogP contribution in [0.5, 0.6) is 0 Å². The first-order chi connectivity index (χ1) is 7.84. The summed E-state index contributed by atoms with van der Waals surface area (Å²) in [7, 11) is -1.28. The smallest absolute Gasteiger partial charge is 0.110 e. The second-order valence-corrected chi connectivity index (χ2v) is 7.67. The molecule has 0 aliphatic rings. The van der Waals surface area contributed by atoms with Gasteiger partial charge in [0.2, 0.25) is 0 Å². The topological polar surface area (TPSA) is 29.1 Å². The minimum atomic E-state index is -1.28. The van der Waals surface area contributed by atoms with Gasteiger partial charge < -0.3 is 0 Å². The van der Waals surface area contributed by atoms with Gasteiger partial charge >= 0.3 is 0 Å². The molecule has 0 saturated heterocycles. The Hall–Kier alpha value is -0.260. The van der Waals surface area contributed by atoms with E-state index in [2.05, 4.69) is 20.7 Å². The zero-order valence-corrected chi connectivity index (χ0v) is 12.6. The summed E-state index contributed by atoms with van der Waals surface area (Å²) in [6.45, 7) is 4.98. The van der Waals surface area contributed by atoms with Crippen LogP contribution in [-0.4, -0.2) is 15.6 Å². The molecule has 0 bridgehead atoms. The molecular formula is C12H17BrFNOS. The summed E-state index contributed by atoms with van der Waals surface area (Å²) in [6, 6.07) is 6.83. The fraction of sp³-hybridized carbons (Fsp3) is 0.500. The van der Waals surface area contributed by atoms with E-state index >= 15 is 0 Å². The van der Waals surface area contributed by atoms with Crippen LogP contribution in [-0.2, 0) is 11.0 Å². The third-order valence-corrected chi connectivity index (χ3v) is 4.32. The van der Waals surface area contributed by atoms with Crippen molar-refractivity contribution in [3.63, 3.8) is 0 Å². The van der Waals surface area contributed by atoms with Crippen LogP contribution < -0.4 is 4.72 Å². The molecule has 1 aromatic carbocycles. The molecule has 2 nitrogen and oxygen atoms in total. The van der Waals surface area contributed by atoms with Crippen molar-refractivity contribution >= 4 is 26.9 Å². The molecule has 1 aromatic rings. The summed E-state index contributed by atoms with van der Waals surface area (Å²) < 4.78 is 28.2. The molecule has 17 heavy (non-hydrogen) atoms. The van der Waals surface area contributed by atoms with Gasteiger partial charge in [-0.1, -0.05) is 28.1 Å². The van der Waals surface area contributed by atoms with Gasteiger partial charge in [0.15, 0.2) is 0 Å². The minimum absolute atomic E-state index is 0.403. The Labute approximate surface area is 113 Å². The molecule has 0 aromatic heterocycles. The van der Waals surface area contributed by atoms with Crippen molar-refractivity contribution in [3.8, 4) is 0 Å². The number of benzene rings is 1. The van der Waals surface area contributed by atoms with E-state index < -0.39 is 28.4 Å². The molecule has 1 unspecified atom stereocenters. The van der Waals surface area contributed by atoms with Crippen molar-refractivity contribution in [1.82, 2.24) is 4.72 Å². The maximum absolute atomic E-state index is 13.0. The molecule has 0 saturated carbocycles. The molecule has 0 aliphatic carbocycles. The van der Waals surface area contributed by atoms with Gasteiger partial charge in [-0.3, -0.25) is 0 Å². The first-order valence-corrected chi connectivity index (χ1v) is 7.28. The quantitative estimate of drug-likeness (QED) is 0.903. The van der Waals surface area contributed by atoms with Gasteiger partial charge in [0.1, 0.15) is 6.67 Å². The van der Waals surface area contributed by atoms with Gasteiger partial charge in [-0.05, 0) is 38.5 Å². The van der Waals surface area contributed by atoms with Gasteiger partial charge in [0, 0.05) is 4.47 Å². The summed E-state index contributed by atoms with van der Waals surface area (Å²) in [5.74, 6) is 0. The number of nitrogens with one attached hydrogen (secondary N) is 1. The van der Waals surface area contributed by atoms with Crippen LogP contribution in [0.15, 0.2) is 28.7 Å². The second kappa shape index (κ2) is 6.07. The van der Waals surface area contributed by atoms with Crippen LogP contribution in [0, 0.1) is 0 Å². The molecule has 96 valence electrons. The zero-order chi connectivity index (χ0) is 13.1. The summed E-state index contributed by atoms with van der Waals surface area (Å²) in [5, 5.41) is 0. The fourth-order valence-corrected chi connectivity index (χ4v) is 2.45. The Balaban J connectivity index is 2.83. The molecule has 0 amide bonds. The normalized spacial score (nSPS) is 15.6. The van der Waals surface area contributed by atoms with Crippen LogP contribution in [0.4, 0.5) is 4.39 Å². The Morgan fingerprint density at radius 2 is 2.12 bits per heavy atom. The Kier molecular flexibility index (Phi) is 5.28. The second-order valence-electron chi connectivity index (χ2n) is 4.76. The summed E-state index contributed by atoms with van der Waals surface area (Å²) >= 11 is 3.34. The van der Waals surface area contributed by atoms with Crippen LogP contribution in [0.2, 0.25) is 0 Å². The lowest BCUT2D eigenvalue weighted by Gasteiger charge is -2.22. The highest BCUT2D eigenvalue weighted by Gasteiger charge is 2.23. The Morgan fingerprint density at radius 1 is 1.47 bits per heavy atom. The third-order valence-electron chi connectivity index (χ3n) is 2.21. The van der Waals surface area contributed by atoms with E-state index in [9.17, 15) is 8.60 Å². The maximum atomic E-state index is 13.0. The van der Waals surface area contributed by atoms with Crippen LogP contribution in [0.25, 0.3) is 0 Å². The van der Waals surface area contributed by atoms with Gasteiger partial charge in [0.05, 0.1) is 21.8 Å². The number of hydrogen-bond acceptors (Lipinski definition) is 1. The molecule has 2 atom stereocenters. The summed E-state index contributed by atoms with van der Waals surface area (Å²) in [4.78, 5) is 0. The van der Waals surface area contributed by atoms with Crippen molar-refractivity contribution < 1.29 is 8.60 Å². The van der Waals surface area contributed by atoms with Crippen LogP contribution in [0.3, 0.4) is 0 Å². The van der Waals surface area contributed by atoms with E-state index in [1.54, 1.807) is 0 Å². The van der Waals surface area contributed by atoms with Gasteiger partial charge in [-0.15, -0.1) is 0 Å². The molecule has 1 rings (SSSR count). The Morgan fingerprint density at radius 3 is 2.59 bits per heavy atom. The standard InChI is InChI=1S/C12H17BrFNOS/c1-12(2,3)17(16)15-11(8-14)9-5-4-6-10(13)7-9/h4-7,11,15H,8H2,1-3H3/t11-,17?/m0/s1. The molecule has 5 heteroatoms. The number of halogens is 2. The Bertz CT molecular complexity index is 406. The molecule has 0 fully saturated rings.